The molecule has 18 heteroatoms. The Morgan fingerprint density at radius 2 is 1.12 bits per heavy atom. The lowest BCUT2D eigenvalue weighted by Gasteiger charge is -2.13. The van der Waals surface area contributed by atoms with Crippen LogP contribution in [0.2, 0.25) is 0 Å². The van der Waals surface area contributed by atoms with Crippen LogP contribution in [0.5, 0.6) is 11.5 Å². The van der Waals surface area contributed by atoms with Gasteiger partial charge in [0.2, 0.25) is 5.75 Å². The molecule has 138 valence electrons. The van der Waals surface area contributed by atoms with Gasteiger partial charge in [0, 0.05) is 0 Å². The maximum Gasteiger partial charge on any atom is 0.446 e. The molecule has 0 atom stereocenters. The van der Waals surface area contributed by atoms with Gasteiger partial charge in [-0.1, -0.05) is 0 Å². The van der Waals surface area contributed by atoms with Crippen LogP contribution in [-0.2, 0) is 41.0 Å². The zero-order valence-corrected chi connectivity index (χ0v) is 13.9. The molecular weight excluding hydrogens is 424 g/mol. The molecule has 0 radical (unpaired) electrons. The minimum absolute atomic E-state index is 0.176. The molecule has 0 spiro atoms. The van der Waals surface area contributed by atoms with Crippen LogP contribution in [-0.4, -0.2) is 51.9 Å². The van der Waals surface area contributed by atoms with E-state index in [1.165, 1.54) is 0 Å². The molecule has 0 aliphatic heterocycles. The van der Waals surface area contributed by atoms with Gasteiger partial charge in [-0.2, -0.15) is 33.7 Å². The van der Waals surface area contributed by atoms with Crippen molar-refractivity contribution >= 4 is 41.0 Å². The van der Waals surface area contributed by atoms with Crippen molar-refractivity contribution in [3.8, 4) is 11.5 Å². The monoisotopic (exact) mass is 430 g/mol. The lowest BCUT2D eigenvalue weighted by molar-refractivity contribution is 0.354. The van der Waals surface area contributed by atoms with Crippen molar-refractivity contribution in [2.75, 3.05) is 0 Å². The van der Waals surface area contributed by atoms with E-state index in [2.05, 4.69) is 8.37 Å². The quantitative estimate of drug-likeness (QED) is 0.377. The molecule has 0 aromatic heterocycles. The predicted molar refractivity (Wildman–Crippen MR) is 70.4 cm³/mol. The van der Waals surface area contributed by atoms with Crippen LogP contribution in [0.4, 0.5) is 0 Å². The molecule has 0 saturated carbocycles. The lowest BCUT2D eigenvalue weighted by atomic mass is 10.3. The Labute approximate surface area is 135 Å². The van der Waals surface area contributed by atoms with Crippen molar-refractivity contribution < 1.29 is 60.2 Å². The van der Waals surface area contributed by atoms with Gasteiger partial charge in [-0.3, -0.25) is 18.2 Å². The first-order valence-corrected chi connectivity index (χ1v) is 10.5. The van der Waals surface area contributed by atoms with Gasteiger partial charge in [-0.05, 0) is 12.1 Å². The molecule has 14 nitrogen and oxygen atoms in total. The molecule has 1 rings (SSSR count). The van der Waals surface area contributed by atoms with Crippen LogP contribution in [0.15, 0.2) is 21.9 Å². The van der Waals surface area contributed by atoms with E-state index in [0.717, 1.165) is 0 Å². The fourth-order valence-corrected chi connectivity index (χ4v) is 4.02. The van der Waals surface area contributed by atoms with Crippen LogP contribution < -0.4 is 8.37 Å². The highest BCUT2D eigenvalue weighted by Gasteiger charge is 2.34. The standard InChI is InChI=1S/C6H6O14S4/c7-21(8,9)4-2-1-3(19-23(13,14)15)5(20-24(16,17)18)6(4)22(10,11)12/h1-2H,(H,7,8,9)(H,10,11,12)(H,13,14,15)(H,16,17,18). The molecule has 0 aliphatic rings. The third kappa shape index (κ3) is 5.52. The Kier molecular flexibility index (Phi) is 5.19. The van der Waals surface area contributed by atoms with Crippen LogP contribution in [0, 0.1) is 0 Å². The van der Waals surface area contributed by atoms with E-state index in [4.69, 9.17) is 18.2 Å². The molecule has 0 unspecified atom stereocenters. The molecule has 1 aromatic carbocycles. The first-order valence-electron chi connectivity index (χ1n) is 4.87. The summed E-state index contributed by atoms with van der Waals surface area (Å²) in [6.45, 7) is 0. The summed E-state index contributed by atoms with van der Waals surface area (Å²) >= 11 is 0. The van der Waals surface area contributed by atoms with Gasteiger partial charge in [-0.25, -0.2) is 0 Å². The van der Waals surface area contributed by atoms with Gasteiger partial charge in [0.05, 0.1) is 0 Å². The average molecular weight is 430 g/mol. The van der Waals surface area contributed by atoms with Gasteiger partial charge in [-0.15, -0.1) is 0 Å². The van der Waals surface area contributed by atoms with Crippen molar-refractivity contribution in [2.24, 2.45) is 0 Å². The van der Waals surface area contributed by atoms with E-state index in [-0.39, 0.29) is 12.1 Å². The third-order valence-electron chi connectivity index (χ3n) is 1.96. The first kappa shape index (κ1) is 20.5. The van der Waals surface area contributed by atoms with Gasteiger partial charge in [0.25, 0.3) is 20.2 Å². The van der Waals surface area contributed by atoms with E-state index >= 15 is 0 Å². The molecule has 0 amide bonds. The highest BCUT2D eigenvalue weighted by Crippen LogP contribution is 2.40. The maximum absolute atomic E-state index is 11.3. The van der Waals surface area contributed by atoms with E-state index in [9.17, 15) is 33.7 Å². The predicted octanol–water partition coefficient (Wildman–Crippen LogP) is -1.46. The van der Waals surface area contributed by atoms with Crippen LogP contribution in [0.3, 0.4) is 0 Å². The van der Waals surface area contributed by atoms with Crippen molar-refractivity contribution in [1.82, 2.24) is 0 Å². The Balaban J connectivity index is 4.05. The number of hydrogen-bond donors (Lipinski definition) is 4. The summed E-state index contributed by atoms with van der Waals surface area (Å²) in [6, 6.07) is 0.419. The van der Waals surface area contributed by atoms with Crippen LogP contribution in [0.1, 0.15) is 0 Å². The van der Waals surface area contributed by atoms with Crippen molar-refractivity contribution in [3.63, 3.8) is 0 Å². The Morgan fingerprint density at radius 3 is 1.46 bits per heavy atom. The maximum atomic E-state index is 11.3. The molecule has 0 heterocycles. The van der Waals surface area contributed by atoms with Gasteiger partial charge < -0.3 is 8.37 Å². The van der Waals surface area contributed by atoms with Crippen molar-refractivity contribution in [3.05, 3.63) is 12.1 Å². The van der Waals surface area contributed by atoms with E-state index in [1.807, 2.05) is 0 Å². The minimum Gasteiger partial charge on any atom is -0.358 e. The summed E-state index contributed by atoms with van der Waals surface area (Å²) in [4.78, 5) is -3.63. The largest absolute Gasteiger partial charge is 0.446 e. The fourth-order valence-electron chi connectivity index (χ4n) is 1.34. The molecule has 1 aromatic rings. The SMILES string of the molecule is O=S(=O)(O)Oc1ccc(S(=O)(=O)O)c(S(=O)(=O)O)c1OS(=O)(=O)O. The second-order valence-electron chi connectivity index (χ2n) is 3.69. The highest BCUT2D eigenvalue weighted by molar-refractivity contribution is 7.89. The number of rotatable bonds is 6. The van der Waals surface area contributed by atoms with Gasteiger partial charge in [0.15, 0.2) is 10.6 Å². The second kappa shape index (κ2) is 6.07. The highest BCUT2D eigenvalue weighted by atomic mass is 32.3. The van der Waals surface area contributed by atoms with Gasteiger partial charge >= 0.3 is 20.8 Å². The van der Waals surface area contributed by atoms with Crippen molar-refractivity contribution in [1.29, 1.82) is 0 Å². The summed E-state index contributed by atoms with van der Waals surface area (Å²) in [7, 11) is -22.1. The molecule has 24 heavy (non-hydrogen) atoms. The average Bonchev–Trinajstić information content (AvgIpc) is 2.23. The van der Waals surface area contributed by atoms with Crippen molar-refractivity contribution in [2.45, 2.75) is 9.79 Å². The number of hydrogen-bond acceptors (Lipinski definition) is 10. The minimum atomic E-state index is -5.69. The molecule has 0 saturated heterocycles. The Morgan fingerprint density at radius 1 is 0.667 bits per heavy atom. The molecule has 0 bridgehead atoms. The smallest absolute Gasteiger partial charge is 0.358 e. The van der Waals surface area contributed by atoms with E-state index < -0.39 is 62.3 Å². The van der Waals surface area contributed by atoms with E-state index in [1.54, 1.807) is 0 Å². The van der Waals surface area contributed by atoms with Crippen LogP contribution in [0.25, 0.3) is 0 Å². The lowest BCUT2D eigenvalue weighted by Crippen LogP contribution is -2.17. The zero-order valence-electron chi connectivity index (χ0n) is 10.7. The van der Waals surface area contributed by atoms with Gasteiger partial charge in [0.1, 0.15) is 4.90 Å². The summed E-state index contributed by atoms with van der Waals surface area (Å²) < 4.78 is 130. The Hall–Kier alpha value is -1.54. The topological polar surface area (TPSA) is 236 Å². The summed E-state index contributed by atoms with van der Waals surface area (Å²) in [5.41, 5.74) is 0. The number of benzene rings is 1. The second-order valence-corrected chi connectivity index (χ2v) is 8.48. The molecular formula is C6H6O14S4. The Bertz CT molecular complexity index is 1070. The molecule has 0 fully saturated rings. The summed E-state index contributed by atoms with van der Waals surface area (Å²) in [5, 5.41) is 0. The van der Waals surface area contributed by atoms with Crippen LogP contribution >= 0.6 is 0 Å². The molecule has 0 aliphatic carbocycles. The third-order valence-corrected chi connectivity index (χ3v) is 4.67. The normalized spacial score (nSPS) is 13.5. The summed E-state index contributed by atoms with van der Waals surface area (Å²) in [6.07, 6.45) is 0. The summed E-state index contributed by atoms with van der Waals surface area (Å²) in [5.74, 6) is -3.33. The fraction of sp³-hybridized carbons (Fsp3) is 0. The van der Waals surface area contributed by atoms with E-state index in [0.29, 0.717) is 0 Å². The first-order chi connectivity index (χ1) is 10.4. The zero-order chi connectivity index (χ0) is 19.1. The molecule has 4 N–H and O–H groups in total.